The minimum absolute atomic E-state index is 0.0684. The Morgan fingerprint density at radius 2 is 2.10 bits per heavy atom. The summed E-state index contributed by atoms with van der Waals surface area (Å²) in [4.78, 5) is 21.5. The minimum atomic E-state index is -0.425. The van der Waals surface area contributed by atoms with Crippen molar-refractivity contribution in [3.8, 4) is 0 Å². The lowest BCUT2D eigenvalue weighted by molar-refractivity contribution is -0.125. The molecule has 0 bridgehead atoms. The number of halogens is 1. The Labute approximate surface area is 123 Å². The predicted octanol–water partition coefficient (Wildman–Crippen LogP) is 0.985. The van der Waals surface area contributed by atoms with E-state index in [1.165, 1.54) is 12.4 Å². The molecule has 1 amide bonds. The molecule has 0 aromatic carbocycles. The maximum atomic E-state index is 12.8. The molecular weight excluding hydrogens is 275 g/mol. The van der Waals surface area contributed by atoms with Gasteiger partial charge in [-0.05, 0) is 25.7 Å². The van der Waals surface area contributed by atoms with Crippen molar-refractivity contribution in [2.45, 2.75) is 19.8 Å². The van der Waals surface area contributed by atoms with Crippen LogP contribution in [0.1, 0.15) is 19.8 Å². The van der Waals surface area contributed by atoms with Gasteiger partial charge in [0.15, 0.2) is 5.82 Å². The minimum Gasteiger partial charge on any atom is -0.372 e. The van der Waals surface area contributed by atoms with E-state index in [1.807, 2.05) is 11.8 Å². The van der Waals surface area contributed by atoms with Crippen LogP contribution in [0, 0.1) is 11.7 Å². The van der Waals surface area contributed by atoms with Gasteiger partial charge in [0, 0.05) is 26.2 Å². The highest BCUT2D eigenvalue weighted by molar-refractivity contribution is 5.77. The van der Waals surface area contributed by atoms with Crippen LogP contribution in [0.4, 0.5) is 10.3 Å². The Kier molecular flexibility index (Phi) is 5.86. The Hall–Kier alpha value is -1.76. The molecule has 0 unspecified atom stereocenters. The van der Waals surface area contributed by atoms with Crippen LogP contribution in [-0.4, -0.2) is 48.7 Å². The smallest absolute Gasteiger partial charge is 0.246 e. The quantitative estimate of drug-likeness (QED) is 0.848. The van der Waals surface area contributed by atoms with Crippen molar-refractivity contribution < 1.29 is 13.9 Å². The third-order valence-corrected chi connectivity index (χ3v) is 3.53. The van der Waals surface area contributed by atoms with Crippen LogP contribution in [0.25, 0.3) is 0 Å². The summed E-state index contributed by atoms with van der Waals surface area (Å²) in [5.41, 5.74) is 0. The van der Waals surface area contributed by atoms with E-state index in [0.29, 0.717) is 25.0 Å². The molecule has 116 valence electrons. The van der Waals surface area contributed by atoms with Gasteiger partial charge in [-0.15, -0.1) is 0 Å². The summed E-state index contributed by atoms with van der Waals surface area (Å²) < 4.78 is 17.8. The van der Waals surface area contributed by atoms with Gasteiger partial charge in [-0.2, -0.15) is 0 Å². The van der Waals surface area contributed by atoms with E-state index in [2.05, 4.69) is 15.3 Å². The first kappa shape index (κ1) is 15.6. The number of anilines is 1. The molecule has 1 aliphatic rings. The van der Waals surface area contributed by atoms with Gasteiger partial charge in [0.2, 0.25) is 11.9 Å². The van der Waals surface area contributed by atoms with Crippen molar-refractivity contribution >= 4 is 11.9 Å². The molecule has 2 rings (SSSR count). The summed E-state index contributed by atoms with van der Waals surface area (Å²) in [5.74, 6) is 0.523. The summed E-state index contributed by atoms with van der Waals surface area (Å²) in [6.07, 6.45) is 4.27. The number of hydrogen-bond donors (Lipinski definition) is 1. The summed E-state index contributed by atoms with van der Waals surface area (Å²) in [6.45, 7) is 4.84. The zero-order valence-corrected chi connectivity index (χ0v) is 12.2. The number of rotatable bonds is 6. The molecule has 2 heterocycles. The van der Waals surface area contributed by atoms with Crippen molar-refractivity contribution in [2.24, 2.45) is 5.92 Å². The average Bonchev–Trinajstić information content (AvgIpc) is 2.52. The van der Waals surface area contributed by atoms with Gasteiger partial charge in [0.05, 0.1) is 12.4 Å². The zero-order valence-electron chi connectivity index (χ0n) is 12.2. The summed E-state index contributed by atoms with van der Waals surface area (Å²) >= 11 is 0. The number of carbonyl (C=O) groups is 1. The van der Waals surface area contributed by atoms with Gasteiger partial charge >= 0.3 is 0 Å². The van der Waals surface area contributed by atoms with Crippen LogP contribution >= 0.6 is 0 Å². The monoisotopic (exact) mass is 296 g/mol. The molecular formula is C14H21FN4O2. The first-order valence-corrected chi connectivity index (χ1v) is 7.26. The van der Waals surface area contributed by atoms with Crippen molar-refractivity contribution in [2.75, 3.05) is 37.7 Å². The average molecular weight is 296 g/mol. The maximum absolute atomic E-state index is 12.8. The van der Waals surface area contributed by atoms with Gasteiger partial charge < -0.3 is 15.0 Å². The highest BCUT2D eigenvalue weighted by atomic mass is 19.1. The van der Waals surface area contributed by atoms with Crippen LogP contribution in [0.2, 0.25) is 0 Å². The fourth-order valence-electron chi connectivity index (χ4n) is 2.31. The second-order valence-electron chi connectivity index (χ2n) is 5.07. The van der Waals surface area contributed by atoms with E-state index in [9.17, 15) is 9.18 Å². The topological polar surface area (TPSA) is 67.3 Å². The molecule has 0 spiro atoms. The standard InChI is InChI=1S/C14H21FN4O2/c1-2-21-10-13(20)16-7-11-3-5-19(6-4-11)14-17-8-12(15)9-18-14/h8-9,11H,2-7,10H2,1H3,(H,16,20). The summed E-state index contributed by atoms with van der Waals surface area (Å²) in [5, 5.41) is 2.89. The molecule has 0 atom stereocenters. The van der Waals surface area contributed by atoms with Gasteiger partial charge in [-0.3, -0.25) is 4.79 Å². The number of hydrogen-bond acceptors (Lipinski definition) is 5. The van der Waals surface area contributed by atoms with Crippen LogP contribution in [0.3, 0.4) is 0 Å². The lowest BCUT2D eigenvalue weighted by Gasteiger charge is -2.31. The van der Waals surface area contributed by atoms with Gasteiger partial charge in [-0.1, -0.05) is 0 Å². The number of carbonyl (C=O) groups excluding carboxylic acids is 1. The lowest BCUT2D eigenvalue weighted by atomic mass is 9.97. The number of ether oxygens (including phenoxy) is 1. The molecule has 1 saturated heterocycles. The maximum Gasteiger partial charge on any atom is 0.246 e. The SMILES string of the molecule is CCOCC(=O)NCC1CCN(c2ncc(F)cn2)CC1. The number of nitrogens with one attached hydrogen (secondary N) is 1. The van der Waals surface area contributed by atoms with Gasteiger partial charge in [-0.25, -0.2) is 14.4 Å². The van der Waals surface area contributed by atoms with E-state index in [0.717, 1.165) is 25.9 Å². The third-order valence-electron chi connectivity index (χ3n) is 3.53. The summed E-state index contributed by atoms with van der Waals surface area (Å²) in [6, 6.07) is 0. The highest BCUT2D eigenvalue weighted by Gasteiger charge is 2.21. The number of piperidine rings is 1. The zero-order chi connectivity index (χ0) is 15.1. The molecule has 6 nitrogen and oxygen atoms in total. The molecule has 1 N–H and O–H groups in total. The van der Waals surface area contributed by atoms with Crippen LogP contribution in [-0.2, 0) is 9.53 Å². The van der Waals surface area contributed by atoms with Crippen molar-refractivity contribution in [3.63, 3.8) is 0 Å². The predicted molar refractivity (Wildman–Crippen MR) is 76.4 cm³/mol. The lowest BCUT2D eigenvalue weighted by Crippen LogP contribution is -2.40. The van der Waals surface area contributed by atoms with Crippen LogP contribution in [0.5, 0.6) is 0 Å². The second-order valence-corrected chi connectivity index (χ2v) is 5.07. The first-order chi connectivity index (χ1) is 10.2. The Morgan fingerprint density at radius 3 is 2.71 bits per heavy atom. The number of aromatic nitrogens is 2. The molecule has 1 fully saturated rings. The van der Waals surface area contributed by atoms with Crippen molar-refractivity contribution in [1.29, 1.82) is 0 Å². The van der Waals surface area contributed by atoms with E-state index in [-0.39, 0.29) is 12.5 Å². The van der Waals surface area contributed by atoms with E-state index in [1.54, 1.807) is 0 Å². The Bertz CT molecular complexity index is 447. The molecule has 21 heavy (non-hydrogen) atoms. The molecule has 0 saturated carbocycles. The molecule has 1 aromatic heterocycles. The number of nitrogens with zero attached hydrogens (tertiary/aromatic N) is 3. The largest absolute Gasteiger partial charge is 0.372 e. The van der Waals surface area contributed by atoms with Crippen LogP contribution in [0.15, 0.2) is 12.4 Å². The molecule has 1 aliphatic heterocycles. The third kappa shape index (κ3) is 4.93. The first-order valence-electron chi connectivity index (χ1n) is 7.26. The van der Waals surface area contributed by atoms with Crippen LogP contribution < -0.4 is 10.2 Å². The molecule has 0 radical (unpaired) electrons. The fraction of sp³-hybridized carbons (Fsp3) is 0.643. The van der Waals surface area contributed by atoms with Gasteiger partial charge in [0.1, 0.15) is 6.61 Å². The van der Waals surface area contributed by atoms with Crippen molar-refractivity contribution in [3.05, 3.63) is 18.2 Å². The Morgan fingerprint density at radius 1 is 1.43 bits per heavy atom. The second kappa shape index (κ2) is 7.87. The summed E-state index contributed by atoms with van der Waals surface area (Å²) in [7, 11) is 0. The van der Waals surface area contributed by atoms with Crippen molar-refractivity contribution in [1.82, 2.24) is 15.3 Å². The number of amides is 1. The van der Waals surface area contributed by atoms with E-state index in [4.69, 9.17) is 4.74 Å². The molecule has 0 aliphatic carbocycles. The van der Waals surface area contributed by atoms with E-state index >= 15 is 0 Å². The highest BCUT2D eigenvalue weighted by Crippen LogP contribution is 2.19. The van der Waals surface area contributed by atoms with E-state index < -0.39 is 5.82 Å². The molecule has 7 heteroatoms. The molecule has 1 aromatic rings. The fourth-order valence-corrected chi connectivity index (χ4v) is 2.31. The Balaban J connectivity index is 1.71. The van der Waals surface area contributed by atoms with Gasteiger partial charge in [0.25, 0.3) is 0 Å². The normalized spacial score (nSPS) is 16.0.